The molecule has 19 heavy (non-hydrogen) atoms. The molecule has 1 atom stereocenters. The van der Waals surface area contributed by atoms with Crippen LogP contribution in [0.25, 0.3) is 0 Å². The Morgan fingerprint density at radius 3 is 2.42 bits per heavy atom. The first kappa shape index (κ1) is 14.0. The Bertz CT molecular complexity index is 588. The standard InChI is InChI=1S/C14H17NO3S/c1-11(16)12-7-9-14(10-8-12)19(17,18)15-13-5-3-2-4-6-13/h2-3,7-10,13,15H,4-6H2,1H3. The van der Waals surface area contributed by atoms with Gasteiger partial charge in [0.2, 0.25) is 10.0 Å². The van der Waals surface area contributed by atoms with Crippen molar-refractivity contribution in [1.29, 1.82) is 0 Å². The van der Waals surface area contributed by atoms with Crippen molar-refractivity contribution in [3.05, 3.63) is 42.0 Å². The topological polar surface area (TPSA) is 63.2 Å². The normalized spacial score (nSPS) is 19.3. The fourth-order valence-corrected chi connectivity index (χ4v) is 3.34. The number of nitrogens with one attached hydrogen (secondary N) is 1. The first-order valence-corrected chi connectivity index (χ1v) is 7.76. The van der Waals surface area contributed by atoms with E-state index in [0.29, 0.717) is 5.56 Å². The van der Waals surface area contributed by atoms with E-state index in [1.807, 2.05) is 6.08 Å². The van der Waals surface area contributed by atoms with Crippen molar-refractivity contribution in [3.8, 4) is 0 Å². The maximum Gasteiger partial charge on any atom is 0.240 e. The van der Waals surface area contributed by atoms with Gasteiger partial charge in [0.15, 0.2) is 5.78 Å². The van der Waals surface area contributed by atoms with Gasteiger partial charge in [0.05, 0.1) is 4.90 Å². The summed E-state index contributed by atoms with van der Waals surface area (Å²) < 4.78 is 27.0. The lowest BCUT2D eigenvalue weighted by Gasteiger charge is -2.19. The molecule has 1 aromatic rings. The van der Waals surface area contributed by atoms with Gasteiger partial charge < -0.3 is 0 Å². The Labute approximate surface area is 113 Å². The van der Waals surface area contributed by atoms with E-state index in [4.69, 9.17) is 0 Å². The fraction of sp³-hybridized carbons (Fsp3) is 0.357. The third-order valence-electron chi connectivity index (χ3n) is 3.16. The van der Waals surface area contributed by atoms with Crippen LogP contribution >= 0.6 is 0 Å². The van der Waals surface area contributed by atoms with Crippen LogP contribution in [0.2, 0.25) is 0 Å². The predicted molar refractivity (Wildman–Crippen MR) is 73.5 cm³/mol. The second-order valence-electron chi connectivity index (χ2n) is 4.68. The number of benzene rings is 1. The number of carbonyl (C=O) groups is 1. The van der Waals surface area contributed by atoms with Crippen LogP contribution in [0, 0.1) is 0 Å². The van der Waals surface area contributed by atoms with Crippen molar-refractivity contribution >= 4 is 15.8 Å². The molecule has 0 heterocycles. The van der Waals surface area contributed by atoms with Crippen LogP contribution in [-0.4, -0.2) is 20.2 Å². The van der Waals surface area contributed by atoms with E-state index in [9.17, 15) is 13.2 Å². The lowest BCUT2D eigenvalue weighted by molar-refractivity contribution is 0.101. The highest BCUT2D eigenvalue weighted by molar-refractivity contribution is 7.89. The molecule has 0 spiro atoms. The molecule has 0 saturated heterocycles. The molecule has 0 aliphatic heterocycles. The fourth-order valence-electron chi connectivity index (χ4n) is 2.06. The van der Waals surface area contributed by atoms with Crippen molar-refractivity contribution in [3.63, 3.8) is 0 Å². The highest BCUT2D eigenvalue weighted by Gasteiger charge is 2.20. The highest BCUT2D eigenvalue weighted by Crippen LogP contribution is 2.16. The van der Waals surface area contributed by atoms with Crippen LogP contribution in [-0.2, 0) is 10.0 Å². The van der Waals surface area contributed by atoms with Crippen molar-refractivity contribution < 1.29 is 13.2 Å². The van der Waals surface area contributed by atoms with Gasteiger partial charge in [-0.15, -0.1) is 0 Å². The average Bonchev–Trinajstić information content (AvgIpc) is 2.39. The Balaban J connectivity index is 2.14. The molecule has 0 radical (unpaired) electrons. The van der Waals surface area contributed by atoms with Gasteiger partial charge in [0.1, 0.15) is 0 Å². The van der Waals surface area contributed by atoms with Gasteiger partial charge in [-0.1, -0.05) is 24.3 Å². The van der Waals surface area contributed by atoms with Gasteiger partial charge in [-0.3, -0.25) is 4.79 Å². The van der Waals surface area contributed by atoms with Crippen LogP contribution < -0.4 is 4.72 Å². The second kappa shape index (κ2) is 5.67. The van der Waals surface area contributed by atoms with Crippen molar-refractivity contribution in [2.24, 2.45) is 0 Å². The van der Waals surface area contributed by atoms with Gasteiger partial charge in [-0.2, -0.15) is 0 Å². The summed E-state index contributed by atoms with van der Waals surface area (Å²) in [6, 6.07) is 5.98. The van der Waals surface area contributed by atoms with Crippen molar-refractivity contribution in [1.82, 2.24) is 4.72 Å². The van der Waals surface area contributed by atoms with Crippen LogP contribution in [0.4, 0.5) is 0 Å². The van der Waals surface area contributed by atoms with E-state index in [1.165, 1.54) is 31.2 Å². The zero-order valence-corrected chi connectivity index (χ0v) is 11.6. The summed E-state index contributed by atoms with van der Waals surface area (Å²) in [6.07, 6.45) is 6.50. The number of rotatable bonds is 4. The Morgan fingerprint density at radius 1 is 1.21 bits per heavy atom. The first-order chi connectivity index (χ1) is 8.99. The molecule has 1 aliphatic rings. The molecule has 1 N–H and O–H groups in total. The lowest BCUT2D eigenvalue weighted by Crippen LogP contribution is -2.35. The van der Waals surface area contributed by atoms with Crippen LogP contribution in [0.5, 0.6) is 0 Å². The smallest absolute Gasteiger partial charge is 0.240 e. The third-order valence-corrected chi connectivity index (χ3v) is 4.70. The van der Waals surface area contributed by atoms with E-state index in [-0.39, 0.29) is 16.7 Å². The minimum atomic E-state index is -3.50. The maximum absolute atomic E-state index is 12.2. The molecule has 0 aromatic heterocycles. The first-order valence-electron chi connectivity index (χ1n) is 6.27. The molecule has 5 heteroatoms. The van der Waals surface area contributed by atoms with Crippen molar-refractivity contribution in [2.45, 2.75) is 37.1 Å². The zero-order valence-electron chi connectivity index (χ0n) is 10.8. The van der Waals surface area contributed by atoms with E-state index >= 15 is 0 Å². The van der Waals surface area contributed by atoms with E-state index in [2.05, 4.69) is 10.8 Å². The van der Waals surface area contributed by atoms with Crippen LogP contribution in [0.1, 0.15) is 36.5 Å². The Morgan fingerprint density at radius 2 is 1.89 bits per heavy atom. The number of Topliss-reactive ketones (excluding diaryl/α,β-unsaturated/α-hetero) is 1. The molecule has 2 rings (SSSR count). The highest BCUT2D eigenvalue weighted by atomic mass is 32.2. The summed E-state index contributed by atoms with van der Waals surface area (Å²) in [6.45, 7) is 1.45. The quantitative estimate of drug-likeness (QED) is 0.679. The molecule has 0 bridgehead atoms. The summed E-state index contributed by atoms with van der Waals surface area (Å²) in [4.78, 5) is 11.4. The number of carbonyl (C=O) groups excluding carboxylic acids is 1. The lowest BCUT2D eigenvalue weighted by atomic mass is 10.0. The number of ketones is 1. The summed E-state index contributed by atoms with van der Waals surface area (Å²) in [7, 11) is -3.50. The minimum absolute atomic E-state index is 0.0394. The van der Waals surface area contributed by atoms with E-state index in [0.717, 1.165) is 19.3 Å². The molecular formula is C14H17NO3S. The predicted octanol–water partition coefficient (Wildman–Crippen LogP) is 2.28. The number of hydrogen-bond acceptors (Lipinski definition) is 3. The largest absolute Gasteiger partial charge is 0.295 e. The van der Waals surface area contributed by atoms with Gasteiger partial charge >= 0.3 is 0 Å². The molecule has 0 amide bonds. The molecule has 1 aromatic carbocycles. The number of sulfonamides is 1. The summed E-state index contributed by atoms with van der Waals surface area (Å²) >= 11 is 0. The van der Waals surface area contributed by atoms with Gasteiger partial charge in [0.25, 0.3) is 0 Å². The van der Waals surface area contributed by atoms with E-state index < -0.39 is 10.0 Å². The molecule has 0 saturated carbocycles. The van der Waals surface area contributed by atoms with Crippen molar-refractivity contribution in [2.75, 3.05) is 0 Å². The molecule has 0 fully saturated rings. The summed E-state index contributed by atoms with van der Waals surface area (Å²) in [5.41, 5.74) is 0.513. The Kier molecular flexibility index (Phi) is 4.17. The minimum Gasteiger partial charge on any atom is -0.295 e. The molecule has 4 nitrogen and oxygen atoms in total. The molecule has 1 unspecified atom stereocenters. The average molecular weight is 279 g/mol. The molecule has 102 valence electrons. The van der Waals surface area contributed by atoms with Gasteiger partial charge in [0, 0.05) is 11.6 Å². The molecular weight excluding hydrogens is 262 g/mol. The summed E-state index contributed by atoms with van der Waals surface area (Å²) in [5.74, 6) is -0.0747. The number of hydrogen-bond donors (Lipinski definition) is 1. The maximum atomic E-state index is 12.2. The van der Waals surface area contributed by atoms with Crippen LogP contribution in [0.3, 0.4) is 0 Å². The van der Waals surface area contributed by atoms with E-state index in [1.54, 1.807) is 0 Å². The third kappa shape index (κ3) is 3.52. The SMILES string of the molecule is CC(=O)c1ccc(S(=O)(=O)NC2CC=CCC2)cc1. The molecule has 1 aliphatic carbocycles. The second-order valence-corrected chi connectivity index (χ2v) is 6.40. The van der Waals surface area contributed by atoms with Crippen LogP contribution in [0.15, 0.2) is 41.3 Å². The van der Waals surface area contributed by atoms with Gasteiger partial charge in [-0.25, -0.2) is 13.1 Å². The number of allylic oxidation sites excluding steroid dienone is 1. The summed E-state index contributed by atoms with van der Waals surface area (Å²) in [5, 5.41) is 0. The zero-order chi connectivity index (χ0) is 13.9. The van der Waals surface area contributed by atoms with Gasteiger partial charge in [-0.05, 0) is 38.3 Å². The monoisotopic (exact) mass is 279 g/mol. The Hall–Kier alpha value is -1.46.